The van der Waals surface area contributed by atoms with E-state index < -0.39 is 6.03 Å². The first-order valence-electron chi connectivity index (χ1n) is 4.39. The van der Waals surface area contributed by atoms with Gasteiger partial charge in [0.2, 0.25) is 0 Å². The Hall–Kier alpha value is -1.03. The van der Waals surface area contributed by atoms with E-state index in [1.54, 1.807) is 4.90 Å². The van der Waals surface area contributed by atoms with Gasteiger partial charge in [-0.1, -0.05) is 12.1 Å². The van der Waals surface area contributed by atoms with Crippen LogP contribution < -0.4 is 10.6 Å². The number of primary amides is 1. The van der Waals surface area contributed by atoms with E-state index in [0.29, 0.717) is 6.54 Å². The number of carbonyl (C=O) groups is 1. The highest BCUT2D eigenvalue weighted by Crippen LogP contribution is 2.34. The van der Waals surface area contributed by atoms with E-state index in [4.69, 9.17) is 5.73 Å². The van der Waals surface area contributed by atoms with Crippen molar-refractivity contribution >= 4 is 27.6 Å². The van der Waals surface area contributed by atoms with Crippen LogP contribution in [-0.2, 0) is 0 Å². The van der Waals surface area contributed by atoms with E-state index in [2.05, 4.69) is 22.4 Å². The largest absolute Gasteiger partial charge is 0.351 e. The SMILES string of the molecule is NC(=O)N1CC[CH]c2cccc(Br)c21. The summed E-state index contributed by atoms with van der Waals surface area (Å²) in [6, 6.07) is 5.44. The van der Waals surface area contributed by atoms with Gasteiger partial charge in [-0.2, -0.15) is 0 Å². The third kappa shape index (κ3) is 1.50. The maximum Gasteiger partial charge on any atom is 0.319 e. The van der Waals surface area contributed by atoms with E-state index in [1.165, 1.54) is 0 Å². The van der Waals surface area contributed by atoms with Gasteiger partial charge in [0.05, 0.1) is 5.69 Å². The van der Waals surface area contributed by atoms with Gasteiger partial charge in [0, 0.05) is 11.0 Å². The molecule has 0 saturated heterocycles. The van der Waals surface area contributed by atoms with Crippen LogP contribution in [0.25, 0.3) is 0 Å². The molecule has 0 bridgehead atoms. The molecular weight excluding hydrogens is 244 g/mol. The van der Waals surface area contributed by atoms with Crippen LogP contribution in [0.1, 0.15) is 12.0 Å². The third-order valence-corrected chi connectivity index (χ3v) is 2.91. The highest BCUT2D eigenvalue weighted by atomic mass is 79.9. The van der Waals surface area contributed by atoms with Gasteiger partial charge in [-0.3, -0.25) is 4.90 Å². The molecule has 2 amide bonds. The first-order chi connectivity index (χ1) is 6.70. The summed E-state index contributed by atoms with van der Waals surface area (Å²) in [6.45, 7) is 0.658. The molecule has 1 radical (unpaired) electrons. The molecule has 0 saturated carbocycles. The maximum atomic E-state index is 11.2. The van der Waals surface area contributed by atoms with Crippen LogP contribution in [0.5, 0.6) is 0 Å². The van der Waals surface area contributed by atoms with Gasteiger partial charge >= 0.3 is 6.03 Å². The van der Waals surface area contributed by atoms with E-state index in [-0.39, 0.29) is 0 Å². The summed E-state index contributed by atoms with van der Waals surface area (Å²) >= 11 is 3.42. The Morgan fingerprint density at radius 2 is 2.29 bits per heavy atom. The van der Waals surface area contributed by atoms with Gasteiger partial charge in [-0.25, -0.2) is 4.79 Å². The number of benzene rings is 1. The minimum absolute atomic E-state index is 0.397. The second-order valence-electron chi connectivity index (χ2n) is 3.16. The molecular formula is C10H10BrN2O. The van der Waals surface area contributed by atoms with Gasteiger partial charge in [-0.05, 0) is 40.4 Å². The van der Waals surface area contributed by atoms with Crippen LogP contribution in [0.4, 0.5) is 10.5 Å². The number of nitrogens with zero attached hydrogens (tertiary/aromatic N) is 1. The van der Waals surface area contributed by atoms with Crippen molar-refractivity contribution in [3.05, 3.63) is 34.7 Å². The summed E-state index contributed by atoms with van der Waals surface area (Å²) in [7, 11) is 0. The standard InChI is InChI=1S/C10H10BrN2O/c11-8-5-1-3-7-4-2-6-13(9(7)8)10(12)14/h1,3-5H,2,6H2,(H2,12,14). The number of carbonyl (C=O) groups excluding carboxylic acids is 1. The molecule has 4 heteroatoms. The van der Waals surface area contributed by atoms with Gasteiger partial charge in [-0.15, -0.1) is 0 Å². The van der Waals surface area contributed by atoms with Gasteiger partial charge in [0.1, 0.15) is 0 Å². The molecule has 0 atom stereocenters. The molecule has 73 valence electrons. The fraction of sp³-hybridized carbons (Fsp3) is 0.200. The quantitative estimate of drug-likeness (QED) is 0.758. The predicted molar refractivity (Wildman–Crippen MR) is 59.1 cm³/mol. The molecule has 1 aromatic carbocycles. The average molecular weight is 254 g/mol. The Kier molecular flexibility index (Phi) is 2.46. The highest BCUT2D eigenvalue weighted by molar-refractivity contribution is 9.10. The van der Waals surface area contributed by atoms with E-state index in [1.807, 2.05) is 18.2 Å². The summed E-state index contributed by atoms with van der Waals surface area (Å²) in [5.74, 6) is 0. The Morgan fingerprint density at radius 3 is 3.00 bits per heavy atom. The van der Waals surface area contributed by atoms with Crippen molar-refractivity contribution in [1.29, 1.82) is 0 Å². The van der Waals surface area contributed by atoms with Crippen LogP contribution in [0, 0.1) is 6.42 Å². The molecule has 0 aromatic heterocycles. The predicted octanol–water partition coefficient (Wildman–Crippen LogP) is 2.29. The molecule has 1 heterocycles. The Labute approximate surface area is 91.0 Å². The molecule has 0 fully saturated rings. The molecule has 1 aromatic rings. The van der Waals surface area contributed by atoms with E-state index >= 15 is 0 Å². The van der Waals surface area contributed by atoms with Crippen LogP contribution in [0.3, 0.4) is 0 Å². The minimum Gasteiger partial charge on any atom is -0.351 e. The molecule has 0 unspecified atom stereocenters. The number of para-hydroxylation sites is 1. The number of halogens is 1. The van der Waals surface area contributed by atoms with Crippen molar-refractivity contribution in [2.75, 3.05) is 11.4 Å². The smallest absolute Gasteiger partial charge is 0.319 e. The number of hydrogen-bond donors (Lipinski definition) is 1. The highest BCUT2D eigenvalue weighted by Gasteiger charge is 2.22. The summed E-state index contributed by atoms with van der Waals surface area (Å²) in [6.07, 6.45) is 2.96. The third-order valence-electron chi connectivity index (χ3n) is 2.27. The van der Waals surface area contributed by atoms with Crippen molar-refractivity contribution in [3.63, 3.8) is 0 Å². The number of hydrogen-bond acceptors (Lipinski definition) is 1. The van der Waals surface area contributed by atoms with Gasteiger partial charge in [0.15, 0.2) is 0 Å². The van der Waals surface area contributed by atoms with Crippen LogP contribution in [0.2, 0.25) is 0 Å². The lowest BCUT2D eigenvalue weighted by atomic mass is 10.0. The number of urea groups is 1. The Bertz CT molecular complexity index is 378. The summed E-state index contributed by atoms with van der Waals surface area (Å²) < 4.78 is 0.907. The lowest BCUT2D eigenvalue weighted by Crippen LogP contribution is -2.39. The maximum absolute atomic E-state index is 11.2. The lowest BCUT2D eigenvalue weighted by molar-refractivity contribution is 0.253. The van der Waals surface area contributed by atoms with Gasteiger partial charge < -0.3 is 5.73 Å². The first-order valence-corrected chi connectivity index (χ1v) is 5.18. The van der Waals surface area contributed by atoms with Crippen LogP contribution in [-0.4, -0.2) is 12.6 Å². The summed E-state index contributed by atoms with van der Waals surface area (Å²) in [5, 5.41) is 0. The summed E-state index contributed by atoms with van der Waals surface area (Å²) in [4.78, 5) is 12.8. The zero-order valence-corrected chi connectivity index (χ0v) is 9.12. The van der Waals surface area contributed by atoms with Crippen molar-refractivity contribution in [3.8, 4) is 0 Å². The molecule has 0 aliphatic carbocycles. The van der Waals surface area contributed by atoms with E-state index in [9.17, 15) is 4.79 Å². The van der Waals surface area contributed by atoms with Crippen LogP contribution in [0.15, 0.2) is 22.7 Å². The molecule has 2 rings (SSSR count). The fourth-order valence-corrected chi connectivity index (χ4v) is 2.26. The van der Waals surface area contributed by atoms with Gasteiger partial charge in [0.25, 0.3) is 0 Å². The minimum atomic E-state index is -0.397. The Balaban J connectivity index is 2.52. The van der Waals surface area contributed by atoms with Crippen LogP contribution >= 0.6 is 15.9 Å². The number of amides is 2. The monoisotopic (exact) mass is 253 g/mol. The molecule has 1 aliphatic heterocycles. The Morgan fingerprint density at radius 1 is 1.50 bits per heavy atom. The number of rotatable bonds is 0. The zero-order chi connectivity index (χ0) is 10.1. The zero-order valence-electron chi connectivity index (χ0n) is 7.53. The second-order valence-corrected chi connectivity index (χ2v) is 4.01. The molecule has 1 aliphatic rings. The topological polar surface area (TPSA) is 46.3 Å². The van der Waals surface area contributed by atoms with Crippen molar-refractivity contribution in [1.82, 2.24) is 0 Å². The number of anilines is 1. The fourth-order valence-electron chi connectivity index (χ4n) is 1.66. The molecule has 2 N–H and O–H groups in total. The molecule has 3 nitrogen and oxygen atoms in total. The van der Waals surface area contributed by atoms with E-state index in [0.717, 1.165) is 22.1 Å². The number of nitrogens with two attached hydrogens (primary N) is 1. The lowest BCUT2D eigenvalue weighted by Gasteiger charge is -2.28. The normalized spacial score (nSPS) is 15.1. The van der Waals surface area contributed by atoms with Crippen molar-refractivity contribution in [2.45, 2.75) is 6.42 Å². The average Bonchev–Trinajstić information content (AvgIpc) is 2.17. The first kappa shape index (κ1) is 9.52. The van der Waals surface area contributed by atoms with Crippen molar-refractivity contribution in [2.24, 2.45) is 5.73 Å². The molecule has 0 spiro atoms. The van der Waals surface area contributed by atoms with Crippen molar-refractivity contribution < 1.29 is 4.79 Å². The number of fused-ring (bicyclic) bond motifs is 1. The molecule has 14 heavy (non-hydrogen) atoms. The summed E-state index contributed by atoms with van der Waals surface area (Å²) in [5.41, 5.74) is 7.24. The second kappa shape index (κ2) is 3.61.